The Morgan fingerprint density at radius 3 is 2.83 bits per heavy atom. The van der Waals surface area contributed by atoms with E-state index in [2.05, 4.69) is 17.1 Å². The minimum absolute atomic E-state index is 0.346. The number of hydrogen-bond donors (Lipinski definition) is 0. The molecule has 0 aliphatic heterocycles. The molecule has 3 heteroatoms. The molecule has 1 radical (unpaired) electrons. The van der Waals surface area contributed by atoms with E-state index >= 15 is 0 Å². The zero-order valence-corrected chi connectivity index (χ0v) is 7.10. The van der Waals surface area contributed by atoms with Crippen molar-refractivity contribution in [1.82, 2.24) is 4.98 Å². The van der Waals surface area contributed by atoms with Crippen LogP contribution < -0.4 is 0 Å². The summed E-state index contributed by atoms with van der Waals surface area (Å²) in [5, 5.41) is 9.27. The third-order valence-corrected chi connectivity index (χ3v) is 2.30. The van der Waals surface area contributed by atoms with Crippen molar-refractivity contribution < 1.29 is 0 Å². The Kier molecular flexibility index (Phi) is 1.55. The summed E-state index contributed by atoms with van der Waals surface area (Å²) in [7, 11) is 0. The van der Waals surface area contributed by atoms with Crippen molar-refractivity contribution in [2.24, 2.45) is 0 Å². The van der Waals surface area contributed by atoms with Gasteiger partial charge < -0.3 is 0 Å². The smallest absolute Gasteiger partial charge is 0.130 e. The second-order valence-corrected chi connectivity index (χ2v) is 3.36. The van der Waals surface area contributed by atoms with Gasteiger partial charge in [-0.2, -0.15) is 5.26 Å². The average Bonchev–Trinajstić information content (AvgIpc) is 2.84. The number of nitriles is 1. The van der Waals surface area contributed by atoms with Gasteiger partial charge in [0.1, 0.15) is 5.15 Å². The molecule has 0 atom stereocenters. The fraction of sp³-hybridized carbons (Fsp3) is 0.333. The summed E-state index contributed by atoms with van der Waals surface area (Å²) in [5.74, 6) is 0. The van der Waals surface area contributed by atoms with Crippen molar-refractivity contribution in [3.63, 3.8) is 0 Å². The van der Waals surface area contributed by atoms with Gasteiger partial charge in [0.25, 0.3) is 0 Å². The van der Waals surface area contributed by atoms with Crippen molar-refractivity contribution in [2.75, 3.05) is 0 Å². The van der Waals surface area contributed by atoms with Gasteiger partial charge in [0, 0.05) is 0 Å². The lowest BCUT2D eigenvalue weighted by Crippen LogP contribution is -2.04. The standard InChI is InChI=1S/C9H6ClN2/c10-8-3-1-2-7(12-8)9(6-11)4-5-9/h2-3H,4-5H2. The van der Waals surface area contributed by atoms with Crippen LogP contribution in [0.4, 0.5) is 0 Å². The molecule has 1 aliphatic rings. The second kappa shape index (κ2) is 2.46. The SMILES string of the molecule is N#CC1(c2c[c]cc(Cl)n2)CC1. The molecule has 0 spiro atoms. The summed E-state index contributed by atoms with van der Waals surface area (Å²) in [6.45, 7) is 0. The maximum absolute atomic E-state index is 8.85. The van der Waals surface area contributed by atoms with E-state index < -0.39 is 0 Å². The van der Waals surface area contributed by atoms with Gasteiger partial charge in [-0.1, -0.05) is 11.6 Å². The number of nitrogens with zero attached hydrogens (tertiary/aromatic N) is 2. The van der Waals surface area contributed by atoms with Gasteiger partial charge >= 0.3 is 0 Å². The van der Waals surface area contributed by atoms with Crippen LogP contribution in [0, 0.1) is 17.4 Å². The molecule has 12 heavy (non-hydrogen) atoms. The summed E-state index contributed by atoms with van der Waals surface area (Å²) < 4.78 is 0. The van der Waals surface area contributed by atoms with Crippen LogP contribution >= 0.6 is 11.6 Å². The first-order valence-corrected chi connectivity index (χ1v) is 4.10. The third kappa shape index (κ3) is 1.07. The molecule has 1 aliphatic carbocycles. The number of hydrogen-bond acceptors (Lipinski definition) is 2. The molecule has 0 aromatic carbocycles. The van der Waals surface area contributed by atoms with E-state index in [1.807, 2.05) is 0 Å². The van der Waals surface area contributed by atoms with Crippen molar-refractivity contribution in [2.45, 2.75) is 18.3 Å². The number of rotatable bonds is 1. The Labute approximate surface area is 75.8 Å². The molecular weight excluding hydrogens is 172 g/mol. The highest BCUT2D eigenvalue weighted by molar-refractivity contribution is 6.29. The summed E-state index contributed by atoms with van der Waals surface area (Å²) in [5.41, 5.74) is 0.416. The Morgan fingerprint density at radius 2 is 2.33 bits per heavy atom. The monoisotopic (exact) mass is 177 g/mol. The first kappa shape index (κ1) is 7.57. The molecule has 0 bridgehead atoms. The maximum Gasteiger partial charge on any atom is 0.130 e. The van der Waals surface area contributed by atoms with Crippen molar-refractivity contribution in [3.05, 3.63) is 29.0 Å². The maximum atomic E-state index is 8.85. The van der Waals surface area contributed by atoms with E-state index in [-0.39, 0.29) is 5.41 Å². The largest absolute Gasteiger partial charge is 0.239 e. The predicted molar refractivity (Wildman–Crippen MR) is 44.6 cm³/mol. The summed E-state index contributed by atoms with van der Waals surface area (Å²) in [6, 6.07) is 8.45. The molecule has 0 N–H and O–H groups in total. The van der Waals surface area contributed by atoms with Crippen molar-refractivity contribution >= 4 is 11.6 Å². The quantitative estimate of drug-likeness (QED) is 0.616. The molecule has 1 saturated carbocycles. The molecule has 0 amide bonds. The molecule has 1 aromatic heterocycles. The number of halogens is 1. The van der Waals surface area contributed by atoms with Crippen LogP contribution in [0.5, 0.6) is 0 Å². The predicted octanol–water partition coefficient (Wildman–Crippen LogP) is 2.09. The summed E-state index contributed by atoms with van der Waals surface area (Å²) in [4.78, 5) is 4.09. The van der Waals surface area contributed by atoms with Crippen molar-refractivity contribution in [1.29, 1.82) is 5.26 Å². The molecule has 59 valence electrons. The van der Waals surface area contributed by atoms with E-state index in [1.54, 1.807) is 12.1 Å². The van der Waals surface area contributed by atoms with Crippen LogP contribution in [-0.4, -0.2) is 4.98 Å². The zero-order chi connectivity index (χ0) is 8.60. The van der Waals surface area contributed by atoms with Gasteiger partial charge in [0.2, 0.25) is 0 Å². The van der Waals surface area contributed by atoms with Gasteiger partial charge in [-0.15, -0.1) is 0 Å². The Hall–Kier alpha value is -1.07. The van der Waals surface area contributed by atoms with Crippen LogP contribution in [-0.2, 0) is 5.41 Å². The highest BCUT2D eigenvalue weighted by atomic mass is 35.5. The minimum atomic E-state index is -0.346. The van der Waals surface area contributed by atoms with E-state index in [4.69, 9.17) is 16.9 Å². The van der Waals surface area contributed by atoms with Crippen LogP contribution in [0.1, 0.15) is 18.5 Å². The third-order valence-electron chi connectivity index (χ3n) is 2.10. The number of aromatic nitrogens is 1. The summed E-state index contributed by atoms with van der Waals surface area (Å²) >= 11 is 5.68. The van der Waals surface area contributed by atoms with E-state index in [9.17, 15) is 0 Å². The molecule has 0 saturated heterocycles. The lowest BCUT2D eigenvalue weighted by molar-refractivity contribution is 0.854. The molecule has 1 aromatic rings. The molecule has 1 heterocycles. The van der Waals surface area contributed by atoms with E-state index in [1.165, 1.54) is 0 Å². The molecule has 0 unspecified atom stereocenters. The zero-order valence-electron chi connectivity index (χ0n) is 6.34. The van der Waals surface area contributed by atoms with Gasteiger partial charge in [-0.25, -0.2) is 4.98 Å². The molecular formula is C9H6ClN2. The Morgan fingerprint density at radius 1 is 1.58 bits per heavy atom. The van der Waals surface area contributed by atoms with Crippen LogP contribution in [0.2, 0.25) is 5.15 Å². The normalized spacial score (nSPS) is 18.3. The van der Waals surface area contributed by atoms with Crippen LogP contribution in [0.15, 0.2) is 12.1 Å². The summed E-state index contributed by atoms with van der Waals surface area (Å²) in [6.07, 6.45) is 1.79. The highest BCUT2D eigenvalue weighted by Crippen LogP contribution is 2.46. The average molecular weight is 178 g/mol. The van der Waals surface area contributed by atoms with Gasteiger partial charge in [-0.05, 0) is 31.0 Å². The fourth-order valence-corrected chi connectivity index (χ4v) is 1.32. The molecule has 2 nitrogen and oxygen atoms in total. The fourth-order valence-electron chi connectivity index (χ4n) is 1.16. The van der Waals surface area contributed by atoms with E-state index in [0.29, 0.717) is 5.15 Å². The van der Waals surface area contributed by atoms with Crippen LogP contribution in [0.3, 0.4) is 0 Å². The lowest BCUT2D eigenvalue weighted by atomic mass is 10.0. The first-order valence-electron chi connectivity index (χ1n) is 3.72. The molecule has 2 rings (SSSR count). The highest BCUT2D eigenvalue weighted by Gasteiger charge is 2.46. The molecule has 1 fully saturated rings. The Bertz CT molecular complexity index is 350. The van der Waals surface area contributed by atoms with Gasteiger partial charge in [-0.3, -0.25) is 0 Å². The topological polar surface area (TPSA) is 36.7 Å². The number of pyridine rings is 1. The Balaban J connectivity index is 2.42. The first-order chi connectivity index (χ1) is 5.77. The lowest BCUT2D eigenvalue weighted by Gasteiger charge is -2.03. The van der Waals surface area contributed by atoms with Gasteiger partial charge in [0.05, 0.1) is 17.2 Å². The van der Waals surface area contributed by atoms with Gasteiger partial charge in [0.15, 0.2) is 0 Å². The second-order valence-electron chi connectivity index (χ2n) is 2.97. The van der Waals surface area contributed by atoms with Crippen LogP contribution in [0.25, 0.3) is 0 Å². The van der Waals surface area contributed by atoms with Crippen molar-refractivity contribution in [3.8, 4) is 6.07 Å². The minimum Gasteiger partial charge on any atom is -0.239 e. The van der Waals surface area contributed by atoms with E-state index in [0.717, 1.165) is 18.5 Å².